The third-order valence-corrected chi connectivity index (χ3v) is 2.93. The van der Waals surface area contributed by atoms with Gasteiger partial charge in [-0.3, -0.25) is 0 Å². The van der Waals surface area contributed by atoms with Gasteiger partial charge in [-0.05, 0) is 40.3 Å². The lowest BCUT2D eigenvalue weighted by Crippen LogP contribution is -2.37. The van der Waals surface area contributed by atoms with Gasteiger partial charge in [0.15, 0.2) is 0 Å². The number of hydrogen-bond acceptors (Lipinski definition) is 3. The Balaban J connectivity index is 2.02. The maximum Gasteiger partial charge on any atom is 0.0700 e. The fraction of sp³-hybridized carbons (Fsp3) is 1.00. The Hall–Kier alpha value is -0.120. The Kier molecular flexibility index (Phi) is 5.45. The van der Waals surface area contributed by atoms with Gasteiger partial charge in [-0.1, -0.05) is 0 Å². The lowest BCUT2D eigenvalue weighted by atomic mass is 10.1. The van der Waals surface area contributed by atoms with Gasteiger partial charge in [-0.25, -0.2) is 0 Å². The zero-order valence-corrected chi connectivity index (χ0v) is 9.75. The highest BCUT2D eigenvalue weighted by Gasteiger charge is 2.13. The fourth-order valence-corrected chi connectivity index (χ4v) is 1.58. The summed E-state index contributed by atoms with van der Waals surface area (Å²) in [7, 11) is 2.15. The smallest absolute Gasteiger partial charge is 0.0700 e. The topological polar surface area (TPSA) is 24.5 Å². The minimum atomic E-state index is 0.448. The van der Waals surface area contributed by atoms with E-state index in [0.29, 0.717) is 12.1 Å². The molecule has 1 atom stereocenters. The monoisotopic (exact) mass is 200 g/mol. The van der Waals surface area contributed by atoms with Crippen LogP contribution in [0.1, 0.15) is 26.7 Å². The van der Waals surface area contributed by atoms with Crippen LogP contribution in [0.15, 0.2) is 0 Å². The molecule has 0 radical (unpaired) electrons. The highest BCUT2D eigenvalue weighted by Crippen LogP contribution is 2.05. The molecular weight excluding hydrogens is 176 g/mol. The molecule has 1 unspecified atom stereocenters. The average Bonchev–Trinajstić information content (AvgIpc) is 2.19. The van der Waals surface area contributed by atoms with Gasteiger partial charge in [-0.2, -0.15) is 0 Å². The number of hydrogen-bond donors (Lipinski definition) is 1. The molecule has 3 nitrogen and oxygen atoms in total. The van der Waals surface area contributed by atoms with E-state index < -0.39 is 0 Å². The van der Waals surface area contributed by atoms with E-state index in [0.717, 1.165) is 26.2 Å². The molecule has 0 aromatic heterocycles. The third kappa shape index (κ3) is 4.40. The van der Waals surface area contributed by atoms with Crippen LogP contribution in [-0.2, 0) is 4.74 Å². The summed E-state index contributed by atoms with van der Waals surface area (Å²) in [5.74, 6) is 0. The second-order valence-corrected chi connectivity index (χ2v) is 4.41. The Bertz CT molecular complexity index is 144. The Labute approximate surface area is 87.8 Å². The predicted molar refractivity (Wildman–Crippen MR) is 59.6 cm³/mol. The van der Waals surface area contributed by atoms with E-state index in [1.54, 1.807) is 0 Å². The first kappa shape index (κ1) is 12.0. The van der Waals surface area contributed by atoms with Crippen LogP contribution in [0, 0.1) is 0 Å². The standard InChI is InChI=1S/C11H24N2O/c1-10(2)13(3)7-8-14-11-5-4-6-12-9-11/h10-12H,4-9H2,1-3H3. The Morgan fingerprint density at radius 1 is 1.50 bits per heavy atom. The van der Waals surface area contributed by atoms with E-state index >= 15 is 0 Å². The molecule has 1 rings (SSSR count). The molecule has 0 bridgehead atoms. The normalized spacial score (nSPS) is 23.4. The summed E-state index contributed by atoms with van der Waals surface area (Å²) in [5.41, 5.74) is 0. The van der Waals surface area contributed by atoms with E-state index in [1.165, 1.54) is 12.8 Å². The zero-order chi connectivity index (χ0) is 10.4. The summed E-state index contributed by atoms with van der Waals surface area (Å²) in [6, 6.07) is 0.614. The van der Waals surface area contributed by atoms with Gasteiger partial charge < -0.3 is 15.0 Å². The molecular formula is C11H24N2O. The molecule has 1 fully saturated rings. The van der Waals surface area contributed by atoms with Crippen molar-refractivity contribution in [1.29, 1.82) is 0 Å². The molecule has 1 N–H and O–H groups in total. The number of nitrogens with one attached hydrogen (secondary N) is 1. The Morgan fingerprint density at radius 3 is 2.86 bits per heavy atom. The lowest BCUT2D eigenvalue weighted by Gasteiger charge is -2.25. The van der Waals surface area contributed by atoms with Crippen molar-refractivity contribution in [2.24, 2.45) is 0 Å². The fourth-order valence-electron chi connectivity index (χ4n) is 1.58. The van der Waals surface area contributed by atoms with Gasteiger partial charge in [-0.15, -0.1) is 0 Å². The second kappa shape index (κ2) is 6.38. The number of ether oxygens (including phenoxy) is 1. The van der Waals surface area contributed by atoms with Crippen molar-refractivity contribution in [3.8, 4) is 0 Å². The molecule has 14 heavy (non-hydrogen) atoms. The van der Waals surface area contributed by atoms with Crippen LogP contribution in [0.2, 0.25) is 0 Å². The van der Waals surface area contributed by atoms with E-state index in [4.69, 9.17) is 4.74 Å². The summed E-state index contributed by atoms with van der Waals surface area (Å²) in [6.07, 6.45) is 2.92. The van der Waals surface area contributed by atoms with Crippen molar-refractivity contribution in [2.75, 3.05) is 33.3 Å². The molecule has 3 heteroatoms. The van der Waals surface area contributed by atoms with Gasteiger partial charge in [0.2, 0.25) is 0 Å². The van der Waals surface area contributed by atoms with Crippen LogP contribution in [-0.4, -0.2) is 50.3 Å². The first-order chi connectivity index (χ1) is 6.70. The van der Waals surface area contributed by atoms with Gasteiger partial charge in [0.25, 0.3) is 0 Å². The number of piperidine rings is 1. The maximum absolute atomic E-state index is 5.80. The molecule has 0 saturated carbocycles. The molecule has 84 valence electrons. The molecule has 0 aromatic carbocycles. The van der Waals surface area contributed by atoms with Crippen LogP contribution in [0.3, 0.4) is 0 Å². The first-order valence-corrected chi connectivity index (χ1v) is 5.72. The van der Waals surface area contributed by atoms with Crippen LogP contribution >= 0.6 is 0 Å². The van der Waals surface area contributed by atoms with E-state index in [2.05, 4.69) is 31.1 Å². The predicted octanol–water partition coefficient (Wildman–Crippen LogP) is 1.10. The van der Waals surface area contributed by atoms with Gasteiger partial charge in [0, 0.05) is 19.1 Å². The van der Waals surface area contributed by atoms with Crippen LogP contribution in [0.4, 0.5) is 0 Å². The highest BCUT2D eigenvalue weighted by molar-refractivity contribution is 4.69. The van der Waals surface area contributed by atoms with Crippen LogP contribution in [0.5, 0.6) is 0 Å². The molecule has 0 aromatic rings. The third-order valence-electron chi connectivity index (χ3n) is 2.93. The number of likely N-dealkylation sites (N-methyl/N-ethyl adjacent to an activating group) is 1. The molecule has 0 aliphatic carbocycles. The van der Waals surface area contributed by atoms with Crippen molar-refractivity contribution in [3.05, 3.63) is 0 Å². The SMILES string of the molecule is CC(C)N(C)CCOC1CCCNC1. The summed E-state index contributed by atoms with van der Waals surface area (Å²) < 4.78 is 5.80. The van der Waals surface area contributed by atoms with E-state index in [9.17, 15) is 0 Å². The zero-order valence-electron chi connectivity index (χ0n) is 9.75. The quantitative estimate of drug-likeness (QED) is 0.719. The summed E-state index contributed by atoms with van der Waals surface area (Å²) in [5, 5.41) is 3.36. The number of rotatable bonds is 5. The van der Waals surface area contributed by atoms with Crippen molar-refractivity contribution in [2.45, 2.75) is 38.8 Å². The largest absolute Gasteiger partial charge is 0.376 e. The van der Waals surface area contributed by atoms with E-state index in [1.807, 2.05) is 0 Å². The summed E-state index contributed by atoms with van der Waals surface area (Å²) in [4.78, 5) is 2.32. The lowest BCUT2D eigenvalue weighted by molar-refractivity contribution is 0.0236. The van der Waals surface area contributed by atoms with Crippen molar-refractivity contribution in [1.82, 2.24) is 10.2 Å². The first-order valence-electron chi connectivity index (χ1n) is 5.72. The summed E-state index contributed by atoms with van der Waals surface area (Å²) >= 11 is 0. The van der Waals surface area contributed by atoms with Gasteiger partial charge in [0.1, 0.15) is 0 Å². The molecule has 1 aliphatic rings. The second-order valence-electron chi connectivity index (χ2n) is 4.41. The Morgan fingerprint density at radius 2 is 2.29 bits per heavy atom. The van der Waals surface area contributed by atoms with Gasteiger partial charge in [0.05, 0.1) is 12.7 Å². The highest BCUT2D eigenvalue weighted by atomic mass is 16.5. The average molecular weight is 200 g/mol. The molecule has 1 aliphatic heterocycles. The summed E-state index contributed by atoms with van der Waals surface area (Å²) in [6.45, 7) is 8.51. The maximum atomic E-state index is 5.80. The molecule has 0 amide bonds. The van der Waals surface area contributed by atoms with Crippen LogP contribution in [0.25, 0.3) is 0 Å². The molecule has 0 spiro atoms. The molecule has 1 heterocycles. The van der Waals surface area contributed by atoms with E-state index in [-0.39, 0.29) is 0 Å². The number of nitrogens with zero attached hydrogens (tertiary/aromatic N) is 1. The van der Waals surface area contributed by atoms with Crippen LogP contribution < -0.4 is 5.32 Å². The van der Waals surface area contributed by atoms with Gasteiger partial charge >= 0.3 is 0 Å². The molecule has 1 saturated heterocycles. The minimum absolute atomic E-state index is 0.448. The van der Waals surface area contributed by atoms with Crippen molar-refractivity contribution >= 4 is 0 Å². The van der Waals surface area contributed by atoms with Crippen molar-refractivity contribution < 1.29 is 4.74 Å². The van der Waals surface area contributed by atoms with Crippen molar-refractivity contribution in [3.63, 3.8) is 0 Å². The minimum Gasteiger partial charge on any atom is -0.376 e.